The van der Waals surface area contributed by atoms with E-state index in [1.807, 2.05) is 0 Å². The van der Waals surface area contributed by atoms with Crippen molar-refractivity contribution in [3.05, 3.63) is 35.7 Å². The van der Waals surface area contributed by atoms with Crippen molar-refractivity contribution in [2.24, 2.45) is 0 Å². The third-order valence-electron chi connectivity index (χ3n) is 1.98. The fourth-order valence-electron chi connectivity index (χ4n) is 1.21. The average Bonchev–Trinajstić information content (AvgIpc) is 2.66. The minimum atomic E-state index is -4.61. The molecule has 6 heteroatoms. The lowest BCUT2D eigenvalue weighted by Crippen LogP contribution is -2.04. The zero-order valence-electron chi connectivity index (χ0n) is 8.17. The Morgan fingerprint density at radius 3 is 2.69 bits per heavy atom. The van der Waals surface area contributed by atoms with Crippen LogP contribution in [0, 0.1) is 13.0 Å². The minimum Gasteiger partial charge on any atom is -0.329 e. The van der Waals surface area contributed by atoms with Crippen LogP contribution in [0.1, 0.15) is 11.5 Å². The molecule has 1 aromatic heterocycles. The summed E-state index contributed by atoms with van der Waals surface area (Å²) in [5, 5.41) is 3.29. The highest BCUT2D eigenvalue weighted by Gasteiger charge is 2.38. The van der Waals surface area contributed by atoms with Crippen molar-refractivity contribution in [3.63, 3.8) is 0 Å². The van der Waals surface area contributed by atoms with E-state index in [1.54, 1.807) is 25.1 Å². The number of rotatable bonds is 1. The number of hydrogen-bond donors (Lipinski definition) is 0. The Morgan fingerprint density at radius 2 is 2.12 bits per heavy atom. The minimum absolute atomic E-state index is 0.0705. The van der Waals surface area contributed by atoms with Crippen molar-refractivity contribution < 1.29 is 17.7 Å². The Morgan fingerprint density at radius 1 is 1.38 bits per heavy atom. The van der Waals surface area contributed by atoms with Crippen LogP contribution in [-0.2, 0) is 6.18 Å². The topological polar surface area (TPSA) is 38.9 Å². The van der Waals surface area contributed by atoms with Gasteiger partial charge in [0, 0.05) is 5.56 Å². The Bertz CT molecular complexity index is 505. The molecular formula is C10H6F3N2O. The summed E-state index contributed by atoms with van der Waals surface area (Å²) in [6.07, 6.45) is -4.61. The first-order valence-electron chi connectivity index (χ1n) is 4.36. The maximum absolute atomic E-state index is 12.2. The molecule has 2 rings (SSSR count). The van der Waals surface area contributed by atoms with Crippen LogP contribution in [0.5, 0.6) is 0 Å². The summed E-state index contributed by atoms with van der Waals surface area (Å²) in [6.45, 7) is 1.73. The summed E-state index contributed by atoms with van der Waals surface area (Å²) < 4.78 is 40.8. The third kappa shape index (κ3) is 1.91. The number of halogens is 3. The van der Waals surface area contributed by atoms with Crippen LogP contribution in [-0.4, -0.2) is 10.1 Å². The quantitative estimate of drug-likeness (QED) is 0.751. The molecule has 2 aromatic rings. The number of benzene rings is 1. The van der Waals surface area contributed by atoms with Crippen LogP contribution < -0.4 is 0 Å². The van der Waals surface area contributed by atoms with Crippen molar-refractivity contribution in [1.82, 2.24) is 10.1 Å². The summed E-state index contributed by atoms with van der Waals surface area (Å²) in [6, 6.07) is 7.60. The lowest BCUT2D eigenvalue weighted by atomic mass is 10.1. The average molecular weight is 227 g/mol. The van der Waals surface area contributed by atoms with Gasteiger partial charge < -0.3 is 4.52 Å². The molecule has 0 N–H and O–H groups in total. The van der Waals surface area contributed by atoms with E-state index in [0.717, 1.165) is 5.56 Å². The highest BCUT2D eigenvalue weighted by Crippen LogP contribution is 2.29. The van der Waals surface area contributed by atoms with E-state index in [-0.39, 0.29) is 5.82 Å². The van der Waals surface area contributed by atoms with Crippen molar-refractivity contribution >= 4 is 0 Å². The van der Waals surface area contributed by atoms with Gasteiger partial charge in [-0.2, -0.15) is 18.2 Å². The van der Waals surface area contributed by atoms with Gasteiger partial charge in [0.05, 0.1) is 0 Å². The highest BCUT2D eigenvalue weighted by molar-refractivity contribution is 5.58. The van der Waals surface area contributed by atoms with Gasteiger partial charge in [0.1, 0.15) is 0 Å². The second kappa shape index (κ2) is 3.62. The van der Waals surface area contributed by atoms with Gasteiger partial charge in [-0.15, -0.1) is 0 Å². The van der Waals surface area contributed by atoms with Crippen molar-refractivity contribution in [2.45, 2.75) is 13.1 Å². The molecular weight excluding hydrogens is 221 g/mol. The van der Waals surface area contributed by atoms with E-state index in [0.29, 0.717) is 5.56 Å². The van der Waals surface area contributed by atoms with Gasteiger partial charge in [-0.1, -0.05) is 23.4 Å². The third-order valence-corrected chi connectivity index (χ3v) is 1.98. The normalized spacial score (nSPS) is 11.8. The first-order chi connectivity index (χ1) is 7.48. The molecule has 3 nitrogen and oxygen atoms in total. The predicted molar refractivity (Wildman–Crippen MR) is 48.3 cm³/mol. The van der Waals surface area contributed by atoms with Crippen molar-refractivity contribution in [3.8, 4) is 11.4 Å². The molecule has 0 aliphatic rings. The lowest BCUT2D eigenvalue weighted by Gasteiger charge is -1.98. The molecule has 0 amide bonds. The SMILES string of the molecule is Cc1c[c]ccc1-c1noc(C(F)(F)F)n1. The number of aryl methyl sites for hydroxylation is 1. The van der Waals surface area contributed by atoms with Gasteiger partial charge in [0.15, 0.2) is 0 Å². The Hall–Kier alpha value is -1.85. The highest BCUT2D eigenvalue weighted by atomic mass is 19.4. The number of alkyl halides is 3. The van der Waals surface area contributed by atoms with Crippen LogP contribution in [0.4, 0.5) is 13.2 Å². The fourth-order valence-corrected chi connectivity index (χ4v) is 1.21. The zero-order chi connectivity index (χ0) is 11.8. The van der Waals surface area contributed by atoms with Crippen molar-refractivity contribution in [1.29, 1.82) is 0 Å². The zero-order valence-corrected chi connectivity index (χ0v) is 8.17. The molecule has 1 aromatic carbocycles. The summed E-state index contributed by atoms with van der Waals surface area (Å²) in [5.41, 5.74) is 1.23. The molecule has 0 aliphatic heterocycles. The predicted octanol–water partition coefficient (Wildman–Crippen LogP) is 2.86. The van der Waals surface area contributed by atoms with Crippen LogP contribution in [0.15, 0.2) is 22.7 Å². The molecule has 0 aliphatic carbocycles. The molecule has 83 valence electrons. The summed E-state index contributed by atoms with van der Waals surface area (Å²) >= 11 is 0. The standard InChI is InChI=1S/C10H6F3N2O/c1-6-4-2-3-5-7(6)8-14-9(16-15-8)10(11,12)13/h3-5H,1H3. The second-order valence-electron chi connectivity index (χ2n) is 3.16. The number of aromatic nitrogens is 2. The smallest absolute Gasteiger partial charge is 0.329 e. The molecule has 0 spiro atoms. The molecule has 0 fully saturated rings. The summed E-state index contributed by atoms with van der Waals surface area (Å²) in [4.78, 5) is 3.30. The van der Waals surface area contributed by atoms with E-state index in [2.05, 4.69) is 20.7 Å². The molecule has 0 saturated heterocycles. The molecule has 16 heavy (non-hydrogen) atoms. The van der Waals surface area contributed by atoms with Crippen LogP contribution in [0.25, 0.3) is 11.4 Å². The van der Waals surface area contributed by atoms with Gasteiger partial charge in [-0.25, -0.2) is 0 Å². The monoisotopic (exact) mass is 227 g/mol. The van der Waals surface area contributed by atoms with Crippen LogP contribution in [0.2, 0.25) is 0 Å². The van der Waals surface area contributed by atoms with Gasteiger partial charge in [0.25, 0.3) is 0 Å². The van der Waals surface area contributed by atoms with Crippen LogP contribution in [0.3, 0.4) is 0 Å². The molecule has 1 radical (unpaired) electrons. The molecule has 0 unspecified atom stereocenters. The van der Waals surface area contributed by atoms with E-state index in [9.17, 15) is 13.2 Å². The van der Waals surface area contributed by atoms with Gasteiger partial charge >= 0.3 is 12.1 Å². The van der Waals surface area contributed by atoms with Crippen molar-refractivity contribution in [2.75, 3.05) is 0 Å². The van der Waals surface area contributed by atoms with Gasteiger partial charge in [-0.05, 0) is 18.6 Å². The summed E-state index contributed by atoms with van der Waals surface area (Å²) in [7, 11) is 0. The van der Waals surface area contributed by atoms with Gasteiger partial charge in [0.2, 0.25) is 5.82 Å². The molecule has 1 heterocycles. The maximum Gasteiger partial charge on any atom is 0.471 e. The Kier molecular flexibility index (Phi) is 2.41. The Balaban J connectivity index is 2.44. The Labute approximate surface area is 88.9 Å². The molecule has 0 bridgehead atoms. The number of hydrogen-bond acceptors (Lipinski definition) is 3. The molecule has 0 saturated carbocycles. The van der Waals surface area contributed by atoms with E-state index < -0.39 is 12.1 Å². The molecule has 0 atom stereocenters. The first-order valence-corrected chi connectivity index (χ1v) is 4.36. The first kappa shape index (κ1) is 10.7. The number of nitrogens with zero attached hydrogens (tertiary/aromatic N) is 2. The largest absolute Gasteiger partial charge is 0.471 e. The second-order valence-corrected chi connectivity index (χ2v) is 3.16. The van der Waals surface area contributed by atoms with E-state index in [1.165, 1.54) is 0 Å². The van der Waals surface area contributed by atoms with E-state index in [4.69, 9.17) is 0 Å². The van der Waals surface area contributed by atoms with Crippen LogP contribution >= 0.6 is 0 Å². The van der Waals surface area contributed by atoms with Gasteiger partial charge in [-0.3, -0.25) is 0 Å². The van der Waals surface area contributed by atoms with E-state index >= 15 is 0 Å². The maximum atomic E-state index is 12.2. The summed E-state index contributed by atoms with van der Waals surface area (Å²) in [5.74, 6) is -1.41. The fraction of sp³-hybridized carbons (Fsp3) is 0.200. The lowest BCUT2D eigenvalue weighted by molar-refractivity contribution is -0.159.